The molecule has 0 N–H and O–H groups in total. The molecule has 0 aromatic heterocycles. The van der Waals surface area contributed by atoms with Crippen molar-refractivity contribution in [1.82, 2.24) is 0 Å². The zero-order chi connectivity index (χ0) is 14.0. The Morgan fingerprint density at radius 1 is 1.21 bits per heavy atom. The molecule has 19 heavy (non-hydrogen) atoms. The predicted molar refractivity (Wildman–Crippen MR) is 79.4 cm³/mol. The van der Waals surface area contributed by atoms with E-state index < -0.39 is 8.32 Å². The molecule has 2 saturated carbocycles. The number of hydrogen-bond donors (Lipinski definition) is 0. The van der Waals surface area contributed by atoms with Crippen LogP contribution in [0.15, 0.2) is 12.2 Å². The van der Waals surface area contributed by atoms with Gasteiger partial charge in [-0.25, -0.2) is 0 Å². The highest BCUT2D eigenvalue weighted by molar-refractivity contribution is 6.74. The molecular weight excluding hydrogens is 252 g/mol. The molecule has 3 aliphatic carbocycles. The Bertz CT molecular complexity index is 433. The lowest BCUT2D eigenvalue weighted by Gasteiger charge is -2.40. The molecule has 2 fully saturated rings. The molecule has 3 heteroatoms. The van der Waals surface area contributed by atoms with Gasteiger partial charge in [0.25, 0.3) is 0 Å². The summed E-state index contributed by atoms with van der Waals surface area (Å²) in [6.07, 6.45) is 6.66. The summed E-state index contributed by atoms with van der Waals surface area (Å²) in [5.41, 5.74) is 0. The average molecular weight is 278 g/mol. The van der Waals surface area contributed by atoms with E-state index in [1.54, 1.807) is 0 Å². The molecule has 0 amide bonds. The van der Waals surface area contributed by atoms with Crippen molar-refractivity contribution in [2.24, 2.45) is 23.7 Å². The zero-order valence-electron chi connectivity index (χ0n) is 12.8. The SMILES string of the molecule is CC(C)(C)[Si](C)(C)O[C@H]1CC(=O)[C@H]2[C@@H]1[C@H]1C=C[C@@H]2C1. The molecule has 0 aromatic rings. The summed E-state index contributed by atoms with van der Waals surface area (Å²) in [4.78, 5) is 12.3. The first kappa shape index (κ1) is 13.6. The second kappa shape index (κ2) is 4.04. The fourth-order valence-electron chi connectivity index (χ4n) is 3.97. The molecule has 0 aliphatic heterocycles. The van der Waals surface area contributed by atoms with E-state index in [2.05, 4.69) is 46.0 Å². The van der Waals surface area contributed by atoms with Crippen molar-refractivity contribution < 1.29 is 9.22 Å². The lowest BCUT2D eigenvalue weighted by Crippen LogP contribution is -2.45. The minimum absolute atomic E-state index is 0.193. The van der Waals surface area contributed by atoms with Crippen molar-refractivity contribution in [2.75, 3.05) is 0 Å². The summed E-state index contributed by atoms with van der Waals surface area (Å²) in [5.74, 6) is 2.36. The van der Waals surface area contributed by atoms with E-state index in [9.17, 15) is 4.79 Å². The fraction of sp³-hybridized carbons (Fsp3) is 0.812. The summed E-state index contributed by atoms with van der Waals surface area (Å²) in [5, 5.41) is 0.224. The first-order valence-corrected chi connectivity index (χ1v) is 10.5. The Kier molecular flexibility index (Phi) is 2.89. The van der Waals surface area contributed by atoms with Crippen LogP contribution in [0.2, 0.25) is 18.1 Å². The lowest BCUT2D eigenvalue weighted by molar-refractivity contribution is -0.121. The number of carbonyl (C=O) groups excluding carboxylic acids is 1. The number of Topliss-reactive ketones (excluding diaryl/α,β-unsaturated/α-hetero) is 1. The summed E-state index contributed by atoms with van der Waals surface area (Å²) in [7, 11) is -1.76. The lowest BCUT2D eigenvalue weighted by atomic mass is 9.85. The van der Waals surface area contributed by atoms with Crippen molar-refractivity contribution in [3.63, 3.8) is 0 Å². The zero-order valence-corrected chi connectivity index (χ0v) is 13.8. The van der Waals surface area contributed by atoms with Crippen molar-refractivity contribution in [3.8, 4) is 0 Å². The van der Waals surface area contributed by atoms with Crippen LogP contribution < -0.4 is 0 Å². The fourth-order valence-corrected chi connectivity index (χ4v) is 5.32. The first-order valence-electron chi connectivity index (χ1n) is 7.59. The summed E-state index contributed by atoms with van der Waals surface area (Å²) >= 11 is 0. The Labute approximate surface area is 117 Å². The molecular formula is C16H26O2Si. The quantitative estimate of drug-likeness (QED) is 0.567. The predicted octanol–water partition coefficient (Wildman–Crippen LogP) is 3.79. The van der Waals surface area contributed by atoms with Gasteiger partial charge in [-0.05, 0) is 36.4 Å². The second-order valence-corrected chi connectivity index (χ2v) is 12.9. The third kappa shape index (κ3) is 1.97. The summed E-state index contributed by atoms with van der Waals surface area (Å²) < 4.78 is 6.58. The van der Waals surface area contributed by atoms with E-state index in [4.69, 9.17) is 4.43 Å². The number of allylic oxidation sites excluding steroid dienone is 2. The highest BCUT2D eigenvalue weighted by Gasteiger charge is 2.57. The molecule has 0 unspecified atom stereocenters. The van der Waals surface area contributed by atoms with Gasteiger partial charge in [0.05, 0.1) is 6.10 Å². The van der Waals surface area contributed by atoms with Gasteiger partial charge in [-0.15, -0.1) is 0 Å². The van der Waals surface area contributed by atoms with E-state index in [-0.39, 0.29) is 17.1 Å². The standard InChI is InChI=1S/C16H26O2Si/c1-16(2,3)19(4,5)18-13-9-12(17)14-10-6-7-11(8-10)15(13)14/h6-7,10-11,13-15H,8-9H2,1-5H3/t10-,11+,13+,14+,15-/m1/s1. The van der Waals surface area contributed by atoms with Crippen LogP contribution in [-0.4, -0.2) is 20.2 Å². The maximum Gasteiger partial charge on any atom is 0.192 e. The molecule has 3 rings (SSSR count). The number of ketones is 1. The van der Waals surface area contributed by atoms with Crippen molar-refractivity contribution in [2.45, 2.75) is 57.8 Å². The van der Waals surface area contributed by atoms with Gasteiger partial charge in [-0.1, -0.05) is 32.9 Å². The van der Waals surface area contributed by atoms with Crippen LogP contribution in [0.25, 0.3) is 0 Å². The maximum atomic E-state index is 12.3. The number of rotatable bonds is 2. The van der Waals surface area contributed by atoms with E-state index in [0.29, 0.717) is 30.0 Å². The maximum absolute atomic E-state index is 12.3. The Hall–Kier alpha value is -0.413. The van der Waals surface area contributed by atoms with Gasteiger partial charge in [0.15, 0.2) is 8.32 Å². The van der Waals surface area contributed by atoms with Crippen LogP contribution >= 0.6 is 0 Å². The van der Waals surface area contributed by atoms with Crippen LogP contribution in [0.5, 0.6) is 0 Å². The highest BCUT2D eigenvalue weighted by atomic mass is 28.4. The molecule has 2 nitrogen and oxygen atoms in total. The Morgan fingerprint density at radius 2 is 1.84 bits per heavy atom. The molecule has 0 heterocycles. The molecule has 2 bridgehead atoms. The minimum atomic E-state index is -1.76. The first-order chi connectivity index (χ1) is 8.71. The van der Waals surface area contributed by atoms with Crippen LogP contribution in [0.4, 0.5) is 0 Å². The van der Waals surface area contributed by atoms with Gasteiger partial charge in [-0.3, -0.25) is 4.79 Å². The molecule has 3 aliphatic rings. The van der Waals surface area contributed by atoms with E-state index in [1.165, 1.54) is 6.42 Å². The van der Waals surface area contributed by atoms with Crippen molar-refractivity contribution >= 4 is 14.1 Å². The smallest absolute Gasteiger partial charge is 0.192 e. The minimum Gasteiger partial charge on any atom is -0.413 e. The largest absolute Gasteiger partial charge is 0.413 e. The Balaban J connectivity index is 1.80. The van der Waals surface area contributed by atoms with Gasteiger partial charge in [0.1, 0.15) is 5.78 Å². The summed E-state index contributed by atoms with van der Waals surface area (Å²) in [6.45, 7) is 11.4. The molecule has 106 valence electrons. The topological polar surface area (TPSA) is 26.3 Å². The molecule has 0 radical (unpaired) electrons. The third-order valence-electron chi connectivity index (χ3n) is 5.98. The van der Waals surface area contributed by atoms with E-state index in [0.717, 1.165) is 0 Å². The second-order valence-electron chi connectivity index (χ2n) is 8.14. The van der Waals surface area contributed by atoms with Crippen LogP contribution in [-0.2, 0) is 9.22 Å². The van der Waals surface area contributed by atoms with Crippen LogP contribution in [0.1, 0.15) is 33.6 Å². The molecule has 0 aromatic carbocycles. The number of carbonyl (C=O) groups is 1. The van der Waals surface area contributed by atoms with Crippen molar-refractivity contribution in [1.29, 1.82) is 0 Å². The normalized spacial score (nSPS) is 41.1. The van der Waals surface area contributed by atoms with Crippen LogP contribution in [0, 0.1) is 23.7 Å². The molecule has 0 spiro atoms. The van der Waals surface area contributed by atoms with Gasteiger partial charge < -0.3 is 4.43 Å². The van der Waals surface area contributed by atoms with Gasteiger partial charge in [0, 0.05) is 18.3 Å². The average Bonchev–Trinajstić information content (AvgIpc) is 2.90. The molecule has 0 saturated heterocycles. The third-order valence-corrected chi connectivity index (χ3v) is 10.5. The van der Waals surface area contributed by atoms with Gasteiger partial charge in [0.2, 0.25) is 0 Å². The number of fused-ring (bicyclic) bond motifs is 5. The van der Waals surface area contributed by atoms with Gasteiger partial charge >= 0.3 is 0 Å². The Morgan fingerprint density at radius 3 is 2.47 bits per heavy atom. The monoisotopic (exact) mass is 278 g/mol. The number of hydrogen-bond acceptors (Lipinski definition) is 2. The summed E-state index contributed by atoms with van der Waals surface area (Å²) in [6, 6.07) is 0. The van der Waals surface area contributed by atoms with Gasteiger partial charge in [-0.2, -0.15) is 0 Å². The van der Waals surface area contributed by atoms with E-state index >= 15 is 0 Å². The van der Waals surface area contributed by atoms with Crippen molar-refractivity contribution in [3.05, 3.63) is 12.2 Å². The van der Waals surface area contributed by atoms with Crippen LogP contribution in [0.3, 0.4) is 0 Å². The van der Waals surface area contributed by atoms with E-state index in [1.807, 2.05) is 0 Å². The molecule has 5 atom stereocenters. The highest BCUT2D eigenvalue weighted by Crippen LogP contribution is 2.55.